The lowest BCUT2D eigenvalue weighted by molar-refractivity contribution is 0.653. The average Bonchev–Trinajstić information content (AvgIpc) is 3.88. The van der Waals surface area contributed by atoms with E-state index >= 15 is 0 Å². The summed E-state index contributed by atoms with van der Waals surface area (Å²) in [5, 5.41) is 9.64. The van der Waals surface area contributed by atoms with Gasteiger partial charge >= 0.3 is 0 Å². The lowest BCUT2D eigenvalue weighted by Crippen LogP contribution is -2.14. The molecular weight excluding hydrogens is 743 g/mol. The summed E-state index contributed by atoms with van der Waals surface area (Å²) >= 11 is 0. The number of nitrogens with zero attached hydrogens (tertiary/aromatic N) is 1. The van der Waals surface area contributed by atoms with Crippen LogP contribution in [0.25, 0.3) is 82.1 Å². The largest absolute Gasteiger partial charge is 0.456 e. The summed E-state index contributed by atoms with van der Waals surface area (Å²) in [5.74, 6) is 0.130. The Morgan fingerprint density at radius 1 is 0.541 bits per heavy atom. The number of allylic oxidation sites excluding steroid dienone is 2. The number of benzene rings is 9. The lowest BCUT2D eigenvalue weighted by atomic mass is 9.72. The number of furan rings is 2. The lowest BCUT2D eigenvalue weighted by Gasteiger charge is -2.31. The van der Waals surface area contributed by atoms with Crippen LogP contribution in [0.2, 0.25) is 0 Å². The molecular formula is C58H41NO2. The van der Waals surface area contributed by atoms with Crippen LogP contribution in [0.4, 0.5) is 0 Å². The first-order chi connectivity index (χ1) is 30.1. The predicted octanol–water partition coefficient (Wildman–Crippen LogP) is 15.8. The molecule has 61 heavy (non-hydrogen) atoms. The van der Waals surface area contributed by atoms with Crippen molar-refractivity contribution < 1.29 is 8.83 Å². The number of hydrogen-bond donors (Lipinski definition) is 0. The zero-order valence-corrected chi connectivity index (χ0v) is 34.0. The first-order valence-corrected chi connectivity index (χ1v) is 21.3. The van der Waals surface area contributed by atoms with E-state index in [0.29, 0.717) is 0 Å². The minimum Gasteiger partial charge on any atom is -0.456 e. The zero-order valence-electron chi connectivity index (χ0n) is 34.0. The topological polar surface area (TPSA) is 38.6 Å². The van der Waals surface area contributed by atoms with E-state index in [1.165, 1.54) is 49.4 Å². The Balaban J connectivity index is 1.03. The summed E-state index contributed by atoms with van der Waals surface area (Å²) in [6.07, 6.45) is 3.12. The highest BCUT2D eigenvalue weighted by Crippen LogP contribution is 2.50. The summed E-state index contributed by atoms with van der Waals surface area (Å²) in [5.41, 5.74) is 15.6. The average molecular weight is 784 g/mol. The van der Waals surface area contributed by atoms with Gasteiger partial charge in [-0.1, -0.05) is 146 Å². The number of para-hydroxylation sites is 2. The number of aliphatic imine (C=N–C) groups is 1. The monoisotopic (exact) mass is 783 g/mol. The SMILES string of the molecule is C/C(=C\C(=N/C(C)c1cc(C2Cc3ccc4ccccc4c3-c3c2ccc2ccccc32)cc2c1oc1ccccc12)c1ccccc1)c1ccc2c(c1)oc1ccccc12. The van der Waals surface area contributed by atoms with Crippen molar-refractivity contribution in [3.63, 3.8) is 0 Å². The third-order valence-corrected chi connectivity index (χ3v) is 13.0. The molecule has 2 heterocycles. The van der Waals surface area contributed by atoms with Crippen LogP contribution >= 0.6 is 0 Å². The summed E-state index contributed by atoms with van der Waals surface area (Å²) in [6.45, 7) is 4.37. The van der Waals surface area contributed by atoms with Crippen molar-refractivity contribution in [3.05, 3.63) is 221 Å². The van der Waals surface area contributed by atoms with Crippen molar-refractivity contribution in [2.24, 2.45) is 4.99 Å². The Bertz CT molecular complexity index is 3600. The minimum absolute atomic E-state index is 0.130. The third-order valence-electron chi connectivity index (χ3n) is 13.0. The quantitative estimate of drug-likeness (QED) is 0.158. The van der Waals surface area contributed by atoms with Crippen LogP contribution in [-0.2, 0) is 6.42 Å². The molecule has 1 aliphatic rings. The van der Waals surface area contributed by atoms with E-state index in [9.17, 15) is 0 Å². The van der Waals surface area contributed by atoms with Gasteiger partial charge in [-0.3, -0.25) is 4.99 Å². The Kier molecular flexibility index (Phi) is 8.18. The molecule has 0 bridgehead atoms. The van der Waals surface area contributed by atoms with Crippen molar-refractivity contribution in [2.75, 3.05) is 0 Å². The maximum Gasteiger partial charge on any atom is 0.140 e. The van der Waals surface area contributed by atoms with E-state index in [4.69, 9.17) is 13.8 Å². The molecule has 2 unspecified atom stereocenters. The van der Waals surface area contributed by atoms with Gasteiger partial charge in [0.25, 0.3) is 0 Å². The van der Waals surface area contributed by atoms with E-state index < -0.39 is 0 Å². The summed E-state index contributed by atoms with van der Waals surface area (Å²) in [6, 6.07) is 65.3. The molecule has 1 aliphatic carbocycles. The van der Waals surface area contributed by atoms with E-state index in [1.54, 1.807) is 0 Å². The molecule has 3 nitrogen and oxygen atoms in total. The summed E-state index contributed by atoms with van der Waals surface area (Å²) in [7, 11) is 0. The fraction of sp³-hybridized carbons (Fsp3) is 0.0862. The molecule has 290 valence electrons. The molecule has 0 fully saturated rings. The van der Waals surface area contributed by atoms with Crippen molar-refractivity contribution >= 4 is 76.7 Å². The molecule has 0 saturated heterocycles. The van der Waals surface area contributed by atoms with Crippen LogP contribution in [0.3, 0.4) is 0 Å². The Morgan fingerprint density at radius 2 is 1.16 bits per heavy atom. The fourth-order valence-electron chi connectivity index (χ4n) is 10.00. The molecule has 2 aromatic heterocycles. The van der Waals surface area contributed by atoms with E-state index in [1.807, 2.05) is 12.1 Å². The van der Waals surface area contributed by atoms with Gasteiger partial charge in [-0.2, -0.15) is 0 Å². The van der Waals surface area contributed by atoms with Crippen LogP contribution < -0.4 is 0 Å². The van der Waals surface area contributed by atoms with Gasteiger partial charge in [0, 0.05) is 33.0 Å². The second-order valence-electron chi connectivity index (χ2n) is 16.6. The maximum absolute atomic E-state index is 6.79. The molecule has 9 aromatic carbocycles. The van der Waals surface area contributed by atoms with Gasteiger partial charge in [0.2, 0.25) is 0 Å². The number of hydrogen-bond acceptors (Lipinski definition) is 3. The highest BCUT2D eigenvalue weighted by Gasteiger charge is 2.30. The molecule has 0 spiro atoms. The molecule has 0 saturated carbocycles. The van der Waals surface area contributed by atoms with E-state index in [-0.39, 0.29) is 12.0 Å². The molecule has 0 amide bonds. The van der Waals surface area contributed by atoms with Gasteiger partial charge in [0.1, 0.15) is 22.3 Å². The standard InChI is InChI=1S/C58H41NO2/c1-35(40-27-28-47-45-20-10-12-22-53(45)60-55(47)34-40)30-52(39-16-4-3-5-17-39)59-36(2)49-32-42(33-51-46-21-11-13-23-54(46)61-58(49)51)50-31-41-25-24-37-14-6-8-18-43(37)56(41)57-44-19-9-7-15-38(44)26-29-48(50)57/h3-30,32-34,36,50H,31H2,1-2H3/b35-30+,59-52+. The van der Waals surface area contributed by atoms with Gasteiger partial charge in [0.15, 0.2) is 0 Å². The summed E-state index contributed by atoms with van der Waals surface area (Å²) < 4.78 is 13.1. The smallest absolute Gasteiger partial charge is 0.140 e. The van der Waals surface area contributed by atoms with E-state index in [2.05, 4.69) is 190 Å². The van der Waals surface area contributed by atoms with Crippen LogP contribution in [0, 0.1) is 0 Å². The third kappa shape index (κ3) is 5.84. The van der Waals surface area contributed by atoms with Crippen molar-refractivity contribution in [3.8, 4) is 11.1 Å². The molecule has 11 aromatic rings. The fourth-order valence-corrected chi connectivity index (χ4v) is 10.00. The first kappa shape index (κ1) is 35.5. The second-order valence-corrected chi connectivity index (χ2v) is 16.6. The molecule has 3 heteroatoms. The zero-order chi connectivity index (χ0) is 40.6. The van der Waals surface area contributed by atoms with Crippen LogP contribution in [0.15, 0.2) is 202 Å². The highest BCUT2D eigenvalue weighted by molar-refractivity contribution is 6.14. The molecule has 2 atom stereocenters. The normalized spacial score (nSPS) is 15.0. The van der Waals surface area contributed by atoms with Crippen LogP contribution in [0.5, 0.6) is 0 Å². The molecule has 12 rings (SSSR count). The summed E-state index contributed by atoms with van der Waals surface area (Å²) in [4.78, 5) is 5.60. The van der Waals surface area contributed by atoms with Crippen molar-refractivity contribution in [1.29, 1.82) is 0 Å². The maximum atomic E-state index is 6.79. The number of fused-ring (bicyclic) bond motifs is 13. The Hall–Kier alpha value is -7.49. The van der Waals surface area contributed by atoms with E-state index in [0.717, 1.165) is 78.3 Å². The second kappa shape index (κ2) is 14.1. The van der Waals surface area contributed by atoms with Gasteiger partial charge in [-0.05, 0) is 129 Å². The number of rotatable bonds is 6. The van der Waals surface area contributed by atoms with Crippen molar-refractivity contribution in [2.45, 2.75) is 32.2 Å². The van der Waals surface area contributed by atoms with Gasteiger partial charge in [-0.15, -0.1) is 0 Å². The van der Waals surface area contributed by atoms with Crippen molar-refractivity contribution in [1.82, 2.24) is 0 Å². The Labute approximate surface area is 353 Å². The van der Waals surface area contributed by atoms with Crippen LogP contribution in [-0.4, -0.2) is 5.71 Å². The predicted molar refractivity (Wildman–Crippen MR) is 255 cm³/mol. The first-order valence-electron chi connectivity index (χ1n) is 21.3. The van der Waals surface area contributed by atoms with Crippen LogP contribution in [0.1, 0.15) is 59.2 Å². The Morgan fingerprint density at radius 3 is 1.93 bits per heavy atom. The molecule has 0 radical (unpaired) electrons. The van der Waals surface area contributed by atoms with Gasteiger partial charge in [-0.25, -0.2) is 0 Å². The molecule has 0 aliphatic heterocycles. The minimum atomic E-state index is -0.226. The molecule has 0 N–H and O–H groups in total. The van der Waals surface area contributed by atoms with Gasteiger partial charge < -0.3 is 8.83 Å². The highest BCUT2D eigenvalue weighted by atomic mass is 16.3. The van der Waals surface area contributed by atoms with Gasteiger partial charge in [0.05, 0.1) is 11.8 Å².